The second kappa shape index (κ2) is 5.74. The number of fused-ring (bicyclic) bond motifs is 1. The Bertz CT molecular complexity index is 530. The molecule has 0 N–H and O–H groups in total. The Morgan fingerprint density at radius 2 is 1.95 bits per heavy atom. The summed E-state index contributed by atoms with van der Waals surface area (Å²) in [6, 6.07) is 2.58. The molecule has 1 amide bonds. The Kier molecular flexibility index (Phi) is 3.60. The Hall–Kier alpha value is -1.85. The lowest BCUT2D eigenvalue weighted by atomic mass is 9.90. The van der Waals surface area contributed by atoms with E-state index >= 15 is 0 Å². The van der Waals surface area contributed by atoms with E-state index in [4.69, 9.17) is 4.74 Å². The first-order chi connectivity index (χ1) is 10.8. The number of amides is 1. The van der Waals surface area contributed by atoms with Crippen LogP contribution in [0.5, 0.6) is 0 Å². The van der Waals surface area contributed by atoms with E-state index in [2.05, 4.69) is 19.8 Å². The maximum atomic E-state index is 12.3. The number of ether oxygens (including phenoxy) is 1. The van der Waals surface area contributed by atoms with Crippen LogP contribution in [0.25, 0.3) is 0 Å². The lowest BCUT2D eigenvalue weighted by molar-refractivity contribution is 0.113. The topological polar surface area (TPSA) is 58.6 Å². The van der Waals surface area contributed by atoms with Crippen LogP contribution in [0.3, 0.4) is 0 Å². The molecule has 1 aliphatic carbocycles. The fourth-order valence-corrected chi connectivity index (χ4v) is 4.12. The maximum absolute atomic E-state index is 12.3. The van der Waals surface area contributed by atoms with Gasteiger partial charge in [0.25, 0.3) is 0 Å². The van der Waals surface area contributed by atoms with E-state index in [1.165, 1.54) is 12.8 Å². The molecule has 1 saturated carbocycles. The summed E-state index contributed by atoms with van der Waals surface area (Å²) in [5.74, 6) is 0.980. The first-order valence-electron chi connectivity index (χ1n) is 8.33. The lowest BCUT2D eigenvalue weighted by Crippen LogP contribution is -2.50. The molecule has 0 radical (unpaired) electrons. The van der Waals surface area contributed by atoms with Gasteiger partial charge in [0.15, 0.2) is 0 Å². The Balaban J connectivity index is 1.42. The predicted octanol–water partition coefficient (Wildman–Crippen LogP) is 2.21. The number of nitrogens with zero attached hydrogens (tertiary/aromatic N) is 4. The van der Waals surface area contributed by atoms with Crippen molar-refractivity contribution in [2.75, 3.05) is 18.0 Å². The van der Waals surface area contributed by atoms with Crippen LogP contribution in [0.15, 0.2) is 18.6 Å². The first-order valence-corrected chi connectivity index (χ1v) is 8.33. The van der Waals surface area contributed by atoms with E-state index in [9.17, 15) is 4.79 Å². The third-order valence-corrected chi connectivity index (χ3v) is 5.24. The monoisotopic (exact) mass is 302 g/mol. The van der Waals surface area contributed by atoms with E-state index in [1.54, 1.807) is 12.5 Å². The molecule has 2 saturated heterocycles. The molecule has 6 nitrogen and oxygen atoms in total. The van der Waals surface area contributed by atoms with Gasteiger partial charge in [-0.1, -0.05) is 6.42 Å². The van der Waals surface area contributed by atoms with Gasteiger partial charge in [-0.05, 0) is 38.2 Å². The molecule has 0 bridgehead atoms. The molecule has 6 heteroatoms. The van der Waals surface area contributed by atoms with Crippen LogP contribution in [0.2, 0.25) is 0 Å². The molecule has 22 heavy (non-hydrogen) atoms. The molecule has 3 aliphatic rings. The highest BCUT2D eigenvalue weighted by molar-refractivity contribution is 5.71. The van der Waals surface area contributed by atoms with Crippen LogP contribution in [0.4, 0.5) is 10.6 Å². The maximum Gasteiger partial charge on any atom is 0.410 e. The number of carbonyl (C=O) groups excluding carboxylic acids is 1. The molecule has 2 atom stereocenters. The van der Waals surface area contributed by atoms with Crippen LogP contribution in [-0.2, 0) is 4.74 Å². The Morgan fingerprint density at radius 1 is 1.14 bits per heavy atom. The van der Waals surface area contributed by atoms with Gasteiger partial charge in [0.1, 0.15) is 18.2 Å². The zero-order valence-electron chi connectivity index (χ0n) is 12.7. The number of hydrogen-bond acceptors (Lipinski definition) is 5. The van der Waals surface area contributed by atoms with Gasteiger partial charge < -0.3 is 9.64 Å². The molecule has 0 spiro atoms. The highest BCUT2D eigenvalue weighted by Crippen LogP contribution is 2.35. The van der Waals surface area contributed by atoms with Crippen molar-refractivity contribution < 1.29 is 9.53 Å². The molecule has 3 fully saturated rings. The summed E-state index contributed by atoms with van der Waals surface area (Å²) in [7, 11) is 0. The van der Waals surface area contributed by atoms with E-state index in [1.807, 2.05) is 6.07 Å². The minimum absolute atomic E-state index is 0.0858. The molecule has 118 valence electrons. The average molecular weight is 302 g/mol. The number of piperidine rings is 1. The van der Waals surface area contributed by atoms with E-state index < -0.39 is 0 Å². The molecule has 2 unspecified atom stereocenters. The van der Waals surface area contributed by atoms with Gasteiger partial charge in [0.2, 0.25) is 0 Å². The summed E-state index contributed by atoms with van der Waals surface area (Å²) >= 11 is 0. The standard InChI is InChI=1S/C16H22N4O2/c21-16-20(13-3-1-2-4-14(13)22-16)12-6-9-19(10-7-12)15-5-8-17-11-18-15/h5,8,11-14H,1-4,6-7,9-10H2. The van der Waals surface area contributed by atoms with Crippen LogP contribution in [0.1, 0.15) is 38.5 Å². The van der Waals surface area contributed by atoms with Gasteiger partial charge >= 0.3 is 6.09 Å². The van der Waals surface area contributed by atoms with Gasteiger partial charge in [0.05, 0.1) is 6.04 Å². The number of anilines is 1. The molecule has 2 aliphatic heterocycles. The molecule has 3 heterocycles. The third kappa shape index (κ3) is 2.40. The summed E-state index contributed by atoms with van der Waals surface area (Å²) in [5, 5.41) is 0. The summed E-state index contributed by atoms with van der Waals surface area (Å²) in [6.07, 6.45) is 9.94. The summed E-state index contributed by atoms with van der Waals surface area (Å²) in [6.45, 7) is 1.87. The second-order valence-electron chi connectivity index (χ2n) is 6.47. The Labute approximate surface area is 130 Å². The normalized spacial score (nSPS) is 29.4. The van der Waals surface area contributed by atoms with Crippen LogP contribution >= 0.6 is 0 Å². The zero-order valence-corrected chi connectivity index (χ0v) is 12.7. The fraction of sp³-hybridized carbons (Fsp3) is 0.688. The molecule has 4 rings (SSSR count). The predicted molar refractivity (Wildman–Crippen MR) is 81.6 cm³/mol. The van der Waals surface area contributed by atoms with E-state index in [0.717, 1.165) is 44.6 Å². The number of rotatable bonds is 2. The third-order valence-electron chi connectivity index (χ3n) is 5.24. The van der Waals surface area contributed by atoms with Crippen molar-refractivity contribution in [1.82, 2.24) is 14.9 Å². The summed E-state index contributed by atoms with van der Waals surface area (Å²) in [5.41, 5.74) is 0. The van der Waals surface area contributed by atoms with Crippen molar-refractivity contribution in [3.8, 4) is 0 Å². The number of hydrogen-bond donors (Lipinski definition) is 0. The number of carbonyl (C=O) groups is 1. The van der Waals surface area contributed by atoms with E-state index in [-0.39, 0.29) is 12.2 Å². The van der Waals surface area contributed by atoms with Crippen LogP contribution in [0, 0.1) is 0 Å². The molecule has 0 aromatic carbocycles. The van der Waals surface area contributed by atoms with Gasteiger partial charge in [-0.15, -0.1) is 0 Å². The minimum atomic E-state index is -0.0858. The second-order valence-corrected chi connectivity index (χ2v) is 6.47. The molecular formula is C16H22N4O2. The van der Waals surface area contributed by atoms with Gasteiger partial charge in [0, 0.05) is 25.3 Å². The van der Waals surface area contributed by atoms with Crippen molar-refractivity contribution >= 4 is 11.9 Å². The first kappa shape index (κ1) is 13.8. The largest absolute Gasteiger partial charge is 0.444 e. The van der Waals surface area contributed by atoms with Crippen molar-refractivity contribution in [3.63, 3.8) is 0 Å². The summed E-state index contributed by atoms with van der Waals surface area (Å²) < 4.78 is 5.60. The molecule has 1 aromatic rings. The average Bonchev–Trinajstić information content (AvgIpc) is 2.91. The number of aromatic nitrogens is 2. The van der Waals surface area contributed by atoms with Gasteiger partial charge in [-0.25, -0.2) is 14.8 Å². The SMILES string of the molecule is O=C1OC2CCCCC2N1C1CCN(c2ccncn2)CC1. The van der Waals surface area contributed by atoms with Crippen molar-refractivity contribution in [1.29, 1.82) is 0 Å². The van der Waals surface area contributed by atoms with Crippen molar-refractivity contribution in [3.05, 3.63) is 18.6 Å². The van der Waals surface area contributed by atoms with Gasteiger partial charge in [-0.2, -0.15) is 0 Å². The zero-order chi connectivity index (χ0) is 14.9. The highest BCUT2D eigenvalue weighted by atomic mass is 16.6. The van der Waals surface area contributed by atoms with Gasteiger partial charge in [-0.3, -0.25) is 4.90 Å². The Morgan fingerprint density at radius 3 is 2.73 bits per heavy atom. The van der Waals surface area contributed by atoms with Crippen LogP contribution < -0.4 is 4.90 Å². The molecular weight excluding hydrogens is 280 g/mol. The van der Waals surface area contributed by atoms with E-state index in [0.29, 0.717) is 12.1 Å². The lowest BCUT2D eigenvalue weighted by Gasteiger charge is -2.39. The van der Waals surface area contributed by atoms with Crippen molar-refractivity contribution in [2.24, 2.45) is 0 Å². The van der Waals surface area contributed by atoms with Crippen molar-refractivity contribution in [2.45, 2.75) is 56.7 Å². The highest BCUT2D eigenvalue weighted by Gasteiger charge is 2.46. The molecule has 1 aromatic heterocycles. The fourth-order valence-electron chi connectivity index (χ4n) is 4.12. The van der Waals surface area contributed by atoms with Crippen LogP contribution in [-0.4, -0.2) is 52.2 Å². The smallest absolute Gasteiger partial charge is 0.410 e. The summed E-state index contributed by atoms with van der Waals surface area (Å²) in [4.78, 5) is 24.9. The minimum Gasteiger partial charge on any atom is -0.444 e. The quantitative estimate of drug-likeness (QED) is 0.838.